The Balaban J connectivity index is 1.26. The number of aliphatic imine (C=N–C) groups is 1. The summed E-state index contributed by atoms with van der Waals surface area (Å²) < 4.78 is 5.56. The zero-order chi connectivity index (χ0) is 18.6. The van der Waals surface area contributed by atoms with E-state index < -0.39 is 0 Å². The van der Waals surface area contributed by atoms with E-state index >= 15 is 0 Å². The number of hydrogen-bond acceptors (Lipinski definition) is 4. The van der Waals surface area contributed by atoms with Crippen LogP contribution in [0.25, 0.3) is 0 Å². The smallest absolute Gasteiger partial charge is 0.251 e. The number of guanidine groups is 1. The van der Waals surface area contributed by atoms with Crippen LogP contribution in [-0.4, -0.2) is 97.7 Å². The number of carbonyl (C=O) groups excluding carboxylic acids is 1. The average molecular weight is 378 g/mol. The van der Waals surface area contributed by atoms with Crippen LogP contribution < -0.4 is 5.32 Å². The fourth-order valence-electron chi connectivity index (χ4n) is 4.54. The number of hydrogen-bond donors (Lipinski definition) is 1. The number of carbonyl (C=O) groups is 1. The molecule has 4 fully saturated rings. The third-order valence-corrected chi connectivity index (χ3v) is 6.31. The minimum absolute atomic E-state index is 0.181. The summed E-state index contributed by atoms with van der Waals surface area (Å²) in [5, 5.41) is 3.46. The van der Waals surface area contributed by atoms with Gasteiger partial charge in [-0.15, -0.1) is 0 Å². The third-order valence-electron chi connectivity index (χ3n) is 6.31. The van der Waals surface area contributed by atoms with Crippen molar-refractivity contribution < 1.29 is 9.53 Å². The molecule has 0 radical (unpaired) electrons. The molecule has 1 N–H and O–H groups in total. The highest BCUT2D eigenvalue weighted by molar-refractivity contribution is 5.82. The molecule has 3 saturated heterocycles. The quantitative estimate of drug-likeness (QED) is 0.566. The van der Waals surface area contributed by atoms with E-state index in [1.54, 1.807) is 0 Å². The largest absolute Gasteiger partial charge is 0.368 e. The summed E-state index contributed by atoms with van der Waals surface area (Å²) in [7, 11) is 0. The molecule has 0 aromatic heterocycles. The molecule has 3 heterocycles. The van der Waals surface area contributed by atoms with Crippen molar-refractivity contribution in [2.75, 3.05) is 59.0 Å². The maximum absolute atomic E-state index is 12.5. The van der Waals surface area contributed by atoms with Gasteiger partial charge >= 0.3 is 0 Å². The van der Waals surface area contributed by atoms with Gasteiger partial charge in [0.05, 0.1) is 0 Å². The highest BCUT2D eigenvalue weighted by Crippen LogP contribution is 2.31. The van der Waals surface area contributed by atoms with Gasteiger partial charge in [-0.3, -0.25) is 9.79 Å². The number of piperazine rings is 1. The predicted molar refractivity (Wildman–Crippen MR) is 106 cm³/mol. The fraction of sp³-hybridized carbons (Fsp3) is 0.900. The molecule has 7 heteroatoms. The van der Waals surface area contributed by atoms with Gasteiger partial charge in [0, 0.05) is 58.5 Å². The zero-order valence-corrected chi connectivity index (χ0v) is 16.7. The van der Waals surface area contributed by atoms with E-state index in [0.29, 0.717) is 5.92 Å². The van der Waals surface area contributed by atoms with Crippen molar-refractivity contribution >= 4 is 11.9 Å². The number of amides is 1. The van der Waals surface area contributed by atoms with Gasteiger partial charge in [0.25, 0.3) is 5.91 Å². The van der Waals surface area contributed by atoms with Crippen LogP contribution in [0, 0.1) is 5.92 Å². The van der Waals surface area contributed by atoms with Crippen molar-refractivity contribution in [1.29, 1.82) is 0 Å². The van der Waals surface area contributed by atoms with E-state index in [4.69, 9.17) is 9.73 Å². The molecule has 0 aromatic carbocycles. The molecule has 0 aromatic rings. The molecule has 0 spiro atoms. The molecule has 1 aliphatic carbocycles. The van der Waals surface area contributed by atoms with Crippen molar-refractivity contribution in [2.45, 2.75) is 51.2 Å². The first-order valence-corrected chi connectivity index (χ1v) is 10.9. The van der Waals surface area contributed by atoms with Gasteiger partial charge in [0.1, 0.15) is 6.10 Å². The molecule has 27 heavy (non-hydrogen) atoms. The van der Waals surface area contributed by atoms with Gasteiger partial charge < -0.3 is 24.8 Å². The second-order valence-electron chi connectivity index (χ2n) is 8.39. The summed E-state index contributed by atoms with van der Waals surface area (Å²) in [6.07, 6.45) is 5.76. The molecular weight excluding hydrogens is 342 g/mol. The maximum Gasteiger partial charge on any atom is 0.251 e. The predicted octanol–water partition coefficient (Wildman–Crippen LogP) is 0.759. The van der Waals surface area contributed by atoms with Crippen LogP contribution in [0.4, 0.5) is 0 Å². The summed E-state index contributed by atoms with van der Waals surface area (Å²) in [6.45, 7) is 10.4. The standard InChI is InChI=1S/C20H35N5O2/c1-2-21-20(22-14-16-7-8-25(15-16)17-5-6-17)24-11-9-23(10-12-24)19(26)18-4-3-13-27-18/h16-18H,2-15H2,1H3,(H,21,22). The SMILES string of the molecule is CCNC(=NCC1CCN(C2CC2)C1)N1CCN(C(=O)C2CCCO2)CC1. The van der Waals surface area contributed by atoms with Gasteiger partial charge in [0.2, 0.25) is 0 Å². The molecule has 3 aliphatic heterocycles. The lowest BCUT2D eigenvalue weighted by molar-refractivity contribution is -0.142. The molecule has 2 unspecified atom stereocenters. The Kier molecular flexibility index (Phi) is 6.18. The van der Waals surface area contributed by atoms with Gasteiger partial charge in [0.15, 0.2) is 5.96 Å². The first kappa shape index (κ1) is 19.0. The lowest BCUT2D eigenvalue weighted by Gasteiger charge is -2.37. The molecule has 1 amide bonds. The van der Waals surface area contributed by atoms with E-state index in [0.717, 1.165) is 70.7 Å². The van der Waals surface area contributed by atoms with Crippen LogP contribution in [-0.2, 0) is 9.53 Å². The first-order chi connectivity index (χ1) is 13.2. The number of ether oxygens (including phenoxy) is 1. The van der Waals surface area contributed by atoms with Crippen LogP contribution in [0.1, 0.15) is 39.0 Å². The lowest BCUT2D eigenvalue weighted by Crippen LogP contribution is -2.55. The minimum Gasteiger partial charge on any atom is -0.368 e. The summed E-state index contributed by atoms with van der Waals surface area (Å²) in [4.78, 5) is 24.4. The molecular formula is C20H35N5O2. The average Bonchev–Trinajstić information content (AvgIpc) is 3.20. The zero-order valence-electron chi connectivity index (χ0n) is 16.7. The van der Waals surface area contributed by atoms with Crippen molar-refractivity contribution in [3.63, 3.8) is 0 Å². The number of likely N-dealkylation sites (tertiary alicyclic amines) is 1. The van der Waals surface area contributed by atoms with E-state index in [1.165, 1.54) is 32.4 Å². The van der Waals surface area contributed by atoms with Gasteiger partial charge in [-0.25, -0.2) is 0 Å². The normalized spacial score (nSPS) is 30.2. The Morgan fingerprint density at radius 2 is 1.85 bits per heavy atom. The van der Waals surface area contributed by atoms with E-state index in [2.05, 4.69) is 22.0 Å². The highest BCUT2D eigenvalue weighted by atomic mass is 16.5. The van der Waals surface area contributed by atoms with Crippen molar-refractivity contribution in [1.82, 2.24) is 20.0 Å². The maximum atomic E-state index is 12.5. The third kappa shape index (κ3) is 4.74. The van der Waals surface area contributed by atoms with Crippen LogP contribution in [0.5, 0.6) is 0 Å². The van der Waals surface area contributed by atoms with E-state index in [-0.39, 0.29) is 12.0 Å². The van der Waals surface area contributed by atoms with Gasteiger partial charge in [-0.2, -0.15) is 0 Å². The Labute approximate surface area is 163 Å². The summed E-state index contributed by atoms with van der Waals surface area (Å²) in [5.41, 5.74) is 0. The summed E-state index contributed by atoms with van der Waals surface area (Å²) >= 11 is 0. The van der Waals surface area contributed by atoms with Crippen molar-refractivity contribution in [3.8, 4) is 0 Å². The molecule has 7 nitrogen and oxygen atoms in total. The number of rotatable bonds is 5. The van der Waals surface area contributed by atoms with E-state index in [1.807, 2.05) is 4.90 Å². The lowest BCUT2D eigenvalue weighted by atomic mass is 10.1. The fourth-order valence-corrected chi connectivity index (χ4v) is 4.54. The minimum atomic E-state index is -0.199. The second kappa shape index (κ2) is 8.78. The molecule has 4 aliphatic rings. The van der Waals surface area contributed by atoms with E-state index in [9.17, 15) is 4.79 Å². The molecule has 0 bridgehead atoms. The van der Waals surface area contributed by atoms with Gasteiger partial charge in [-0.1, -0.05) is 0 Å². The highest BCUT2D eigenvalue weighted by Gasteiger charge is 2.34. The topological polar surface area (TPSA) is 60.4 Å². The Bertz CT molecular complexity index is 536. The monoisotopic (exact) mass is 377 g/mol. The summed E-state index contributed by atoms with van der Waals surface area (Å²) in [5.74, 6) is 1.90. The molecule has 152 valence electrons. The van der Waals surface area contributed by atoms with Crippen molar-refractivity contribution in [3.05, 3.63) is 0 Å². The van der Waals surface area contributed by atoms with Crippen LogP contribution in [0.3, 0.4) is 0 Å². The Morgan fingerprint density at radius 1 is 1.07 bits per heavy atom. The Hall–Kier alpha value is -1.34. The van der Waals surface area contributed by atoms with Crippen molar-refractivity contribution in [2.24, 2.45) is 10.9 Å². The molecule has 1 saturated carbocycles. The van der Waals surface area contributed by atoms with Crippen LogP contribution in [0.2, 0.25) is 0 Å². The number of nitrogens with one attached hydrogen (secondary N) is 1. The summed E-state index contributed by atoms with van der Waals surface area (Å²) in [6, 6.07) is 0.877. The molecule has 2 atom stereocenters. The number of nitrogens with zero attached hydrogens (tertiary/aromatic N) is 4. The molecule has 4 rings (SSSR count). The van der Waals surface area contributed by atoms with Gasteiger partial charge in [-0.05, 0) is 51.5 Å². The second-order valence-corrected chi connectivity index (χ2v) is 8.39. The first-order valence-electron chi connectivity index (χ1n) is 10.9. The van der Waals surface area contributed by atoms with Crippen LogP contribution >= 0.6 is 0 Å². The van der Waals surface area contributed by atoms with Crippen LogP contribution in [0.15, 0.2) is 4.99 Å². The Morgan fingerprint density at radius 3 is 2.52 bits per heavy atom.